The minimum absolute atomic E-state index is 0.0557. The lowest BCUT2D eigenvalue weighted by Crippen LogP contribution is -2.33. The van der Waals surface area contributed by atoms with Crippen LogP contribution in [0.1, 0.15) is 17.5 Å². The molecular weight excluding hydrogens is 392 g/mol. The Morgan fingerprint density at radius 3 is 2.14 bits per heavy atom. The van der Waals surface area contributed by atoms with Gasteiger partial charge in [0, 0.05) is 16.1 Å². The number of hydrogen-bond donors (Lipinski definition) is 0. The van der Waals surface area contributed by atoms with Crippen LogP contribution in [0.15, 0.2) is 54.6 Å². The summed E-state index contributed by atoms with van der Waals surface area (Å²) in [5.41, 5.74) is 2.77. The third-order valence-corrected chi connectivity index (χ3v) is 5.97. The first-order chi connectivity index (χ1) is 10.2. The molecule has 0 aliphatic heterocycles. The Bertz CT molecular complexity index is 550. The van der Waals surface area contributed by atoms with Crippen molar-refractivity contribution in [3.63, 3.8) is 0 Å². The zero-order valence-corrected chi connectivity index (χ0v) is 15.4. The molecular formula is C18H20Br2O. The molecule has 0 saturated carbocycles. The van der Waals surface area contributed by atoms with E-state index < -0.39 is 0 Å². The Balaban J connectivity index is 2.10. The summed E-state index contributed by atoms with van der Waals surface area (Å²) >= 11 is 7.41. The van der Waals surface area contributed by atoms with Gasteiger partial charge in [0.2, 0.25) is 0 Å². The maximum atomic E-state index is 5.88. The van der Waals surface area contributed by atoms with E-state index in [1.54, 1.807) is 0 Å². The van der Waals surface area contributed by atoms with Crippen LogP contribution in [0.25, 0.3) is 0 Å². The average Bonchev–Trinajstić information content (AvgIpc) is 2.54. The van der Waals surface area contributed by atoms with Crippen molar-refractivity contribution in [1.82, 2.24) is 0 Å². The normalized spacial score (nSPS) is 11.4. The topological polar surface area (TPSA) is 9.23 Å². The molecule has 0 bridgehead atoms. The van der Waals surface area contributed by atoms with Crippen molar-refractivity contribution in [1.29, 1.82) is 0 Å². The van der Waals surface area contributed by atoms with Gasteiger partial charge >= 0.3 is 0 Å². The fourth-order valence-electron chi connectivity index (χ4n) is 2.50. The average molecular weight is 412 g/mol. The van der Waals surface area contributed by atoms with Gasteiger partial charge in [-0.15, -0.1) is 0 Å². The molecule has 0 aromatic heterocycles. The number of para-hydroxylation sites is 1. The van der Waals surface area contributed by atoms with Crippen LogP contribution in [0.4, 0.5) is 0 Å². The fraction of sp³-hybridized carbons (Fsp3) is 0.333. The summed E-state index contributed by atoms with van der Waals surface area (Å²) in [6.07, 6.45) is 0.962. The first kappa shape index (κ1) is 16.6. The molecule has 0 fully saturated rings. The van der Waals surface area contributed by atoms with E-state index in [0.717, 1.165) is 22.8 Å². The standard InChI is InChI=1S/C18H20Br2O/c1-15-7-5-6-10-17(15)18(13-19,14-20)11-12-21-16-8-3-2-4-9-16/h2-10H,11-14H2,1H3. The molecule has 0 unspecified atom stereocenters. The lowest BCUT2D eigenvalue weighted by atomic mass is 9.79. The SMILES string of the molecule is Cc1ccccc1C(CBr)(CBr)CCOc1ccccc1. The lowest BCUT2D eigenvalue weighted by Gasteiger charge is -2.32. The Labute approximate surface area is 144 Å². The van der Waals surface area contributed by atoms with Gasteiger partial charge in [0.15, 0.2) is 0 Å². The lowest BCUT2D eigenvalue weighted by molar-refractivity contribution is 0.277. The maximum Gasteiger partial charge on any atom is 0.119 e. The number of halogens is 2. The minimum atomic E-state index is 0.0557. The molecule has 1 nitrogen and oxygen atoms in total. The van der Waals surface area contributed by atoms with Crippen LogP contribution < -0.4 is 4.74 Å². The van der Waals surface area contributed by atoms with Crippen LogP contribution in [-0.4, -0.2) is 17.3 Å². The van der Waals surface area contributed by atoms with Crippen molar-refractivity contribution in [2.75, 3.05) is 17.3 Å². The van der Waals surface area contributed by atoms with Crippen molar-refractivity contribution in [2.45, 2.75) is 18.8 Å². The van der Waals surface area contributed by atoms with E-state index in [0.29, 0.717) is 6.61 Å². The molecule has 2 rings (SSSR count). The molecule has 0 atom stereocenters. The monoisotopic (exact) mass is 410 g/mol. The zero-order chi connectivity index (χ0) is 15.1. The summed E-state index contributed by atoms with van der Waals surface area (Å²) in [6.45, 7) is 2.88. The maximum absolute atomic E-state index is 5.88. The van der Waals surface area contributed by atoms with E-state index in [1.165, 1.54) is 11.1 Å². The van der Waals surface area contributed by atoms with Crippen molar-refractivity contribution in [3.05, 3.63) is 65.7 Å². The molecule has 0 spiro atoms. The quantitative estimate of drug-likeness (QED) is 0.547. The molecule has 21 heavy (non-hydrogen) atoms. The van der Waals surface area contributed by atoms with Gasteiger partial charge in [-0.2, -0.15) is 0 Å². The molecule has 0 saturated heterocycles. The van der Waals surface area contributed by atoms with Gasteiger partial charge in [0.1, 0.15) is 5.75 Å². The third-order valence-electron chi connectivity index (χ3n) is 3.82. The highest BCUT2D eigenvalue weighted by atomic mass is 79.9. The Hall–Kier alpha value is -0.800. The van der Waals surface area contributed by atoms with E-state index in [9.17, 15) is 0 Å². The van der Waals surface area contributed by atoms with Crippen molar-refractivity contribution >= 4 is 31.9 Å². The largest absolute Gasteiger partial charge is 0.494 e. The van der Waals surface area contributed by atoms with Crippen LogP contribution in [-0.2, 0) is 5.41 Å². The predicted octanol–water partition coefficient (Wildman–Crippen LogP) is 5.49. The first-order valence-corrected chi connectivity index (χ1v) is 9.32. The Morgan fingerprint density at radius 2 is 1.52 bits per heavy atom. The molecule has 0 radical (unpaired) electrons. The molecule has 2 aromatic rings. The van der Waals surface area contributed by atoms with E-state index in [4.69, 9.17) is 4.74 Å². The summed E-state index contributed by atoms with van der Waals surface area (Å²) < 4.78 is 5.88. The van der Waals surface area contributed by atoms with E-state index >= 15 is 0 Å². The highest BCUT2D eigenvalue weighted by Crippen LogP contribution is 2.34. The molecule has 0 aliphatic rings. The Kier molecular flexibility index (Phi) is 6.31. The van der Waals surface area contributed by atoms with Crippen molar-refractivity contribution in [3.8, 4) is 5.75 Å². The van der Waals surface area contributed by atoms with Gasteiger partial charge in [-0.3, -0.25) is 0 Å². The summed E-state index contributed by atoms with van der Waals surface area (Å²) in [5, 5.41) is 1.82. The summed E-state index contributed by atoms with van der Waals surface area (Å²) in [7, 11) is 0. The fourth-order valence-corrected chi connectivity index (χ4v) is 4.59. The molecule has 2 aromatic carbocycles. The third kappa shape index (κ3) is 4.10. The number of benzene rings is 2. The van der Waals surface area contributed by atoms with Gasteiger partial charge < -0.3 is 4.74 Å². The van der Waals surface area contributed by atoms with Gasteiger partial charge in [0.25, 0.3) is 0 Å². The van der Waals surface area contributed by atoms with Crippen molar-refractivity contribution in [2.24, 2.45) is 0 Å². The van der Waals surface area contributed by atoms with Gasteiger partial charge in [-0.25, -0.2) is 0 Å². The molecule has 0 heterocycles. The number of alkyl halides is 2. The highest BCUT2D eigenvalue weighted by molar-refractivity contribution is 9.09. The summed E-state index contributed by atoms with van der Waals surface area (Å²) in [5.74, 6) is 0.931. The minimum Gasteiger partial charge on any atom is -0.494 e. The Morgan fingerprint density at radius 1 is 0.905 bits per heavy atom. The summed E-state index contributed by atoms with van der Waals surface area (Å²) in [4.78, 5) is 0. The number of hydrogen-bond acceptors (Lipinski definition) is 1. The molecule has 112 valence electrons. The predicted molar refractivity (Wildman–Crippen MR) is 97.0 cm³/mol. The van der Waals surface area contributed by atoms with Crippen LogP contribution in [0, 0.1) is 6.92 Å². The number of aryl methyl sites for hydroxylation is 1. The van der Waals surface area contributed by atoms with E-state index in [2.05, 4.69) is 63.0 Å². The second kappa shape index (κ2) is 8.00. The van der Waals surface area contributed by atoms with Crippen LogP contribution >= 0.6 is 31.9 Å². The van der Waals surface area contributed by atoms with Gasteiger partial charge in [-0.1, -0.05) is 74.3 Å². The van der Waals surface area contributed by atoms with Crippen LogP contribution in [0.3, 0.4) is 0 Å². The number of rotatable bonds is 7. The van der Waals surface area contributed by atoms with Crippen LogP contribution in [0.5, 0.6) is 5.75 Å². The van der Waals surface area contributed by atoms with Gasteiger partial charge in [-0.05, 0) is 36.6 Å². The van der Waals surface area contributed by atoms with Crippen LogP contribution in [0.2, 0.25) is 0 Å². The highest BCUT2D eigenvalue weighted by Gasteiger charge is 2.31. The zero-order valence-electron chi connectivity index (χ0n) is 12.2. The van der Waals surface area contributed by atoms with Crippen molar-refractivity contribution < 1.29 is 4.74 Å². The number of ether oxygens (including phenoxy) is 1. The molecule has 3 heteroatoms. The molecule has 0 amide bonds. The first-order valence-electron chi connectivity index (χ1n) is 7.08. The second-order valence-electron chi connectivity index (χ2n) is 5.27. The summed E-state index contributed by atoms with van der Waals surface area (Å²) in [6, 6.07) is 18.6. The van der Waals surface area contributed by atoms with E-state index in [1.807, 2.05) is 30.3 Å². The van der Waals surface area contributed by atoms with Gasteiger partial charge in [0.05, 0.1) is 6.61 Å². The second-order valence-corrected chi connectivity index (χ2v) is 6.40. The molecule has 0 N–H and O–H groups in total. The smallest absolute Gasteiger partial charge is 0.119 e. The van der Waals surface area contributed by atoms with E-state index in [-0.39, 0.29) is 5.41 Å². The molecule has 0 aliphatic carbocycles.